The van der Waals surface area contributed by atoms with Gasteiger partial charge in [0.05, 0.1) is 5.69 Å². The summed E-state index contributed by atoms with van der Waals surface area (Å²) in [5, 5.41) is 4.67. The number of nitrogens with two attached hydrogens (primary N) is 1. The minimum atomic E-state index is 0.571. The van der Waals surface area contributed by atoms with Gasteiger partial charge in [0.15, 0.2) is 0 Å². The van der Waals surface area contributed by atoms with E-state index in [2.05, 4.69) is 45.3 Å². The molecular weight excluding hydrogens is 302 g/mol. The molecule has 0 atom stereocenters. The Hall–Kier alpha value is -1.29. The van der Waals surface area contributed by atoms with E-state index in [0.29, 0.717) is 5.92 Å². The average molecular weight is 320 g/mol. The highest BCUT2D eigenvalue weighted by molar-refractivity contribution is 9.10. The first kappa shape index (κ1) is 12.7. The van der Waals surface area contributed by atoms with Crippen molar-refractivity contribution in [3.05, 3.63) is 34.4 Å². The van der Waals surface area contributed by atoms with Crippen LogP contribution in [-0.4, -0.2) is 9.78 Å². The molecule has 2 N–H and O–H groups in total. The van der Waals surface area contributed by atoms with Gasteiger partial charge < -0.3 is 5.73 Å². The van der Waals surface area contributed by atoms with Crippen molar-refractivity contribution in [2.45, 2.75) is 31.6 Å². The second kappa shape index (κ2) is 5.00. The fraction of sp³-hybridized carbons (Fsp3) is 0.400. The van der Waals surface area contributed by atoms with Gasteiger partial charge in [-0.05, 0) is 30.5 Å². The van der Waals surface area contributed by atoms with Crippen LogP contribution in [0.1, 0.15) is 37.3 Å². The van der Waals surface area contributed by atoms with Crippen molar-refractivity contribution in [2.24, 2.45) is 7.05 Å². The molecule has 3 rings (SSSR count). The molecule has 1 aromatic heterocycles. The molecule has 4 heteroatoms. The molecule has 19 heavy (non-hydrogen) atoms. The maximum atomic E-state index is 6.23. The molecule has 1 fully saturated rings. The third-order valence-corrected chi connectivity index (χ3v) is 4.52. The summed E-state index contributed by atoms with van der Waals surface area (Å²) in [4.78, 5) is 0. The lowest BCUT2D eigenvalue weighted by Crippen LogP contribution is -1.98. The molecule has 1 aliphatic rings. The Morgan fingerprint density at radius 3 is 2.47 bits per heavy atom. The first-order valence-electron chi connectivity index (χ1n) is 6.75. The Morgan fingerprint density at radius 2 is 1.84 bits per heavy atom. The Kier molecular flexibility index (Phi) is 3.35. The fourth-order valence-electron chi connectivity index (χ4n) is 2.96. The smallest absolute Gasteiger partial charge is 0.129 e. The van der Waals surface area contributed by atoms with Gasteiger partial charge in [-0.15, -0.1) is 0 Å². The normalized spacial score (nSPS) is 16.1. The molecular formula is C15H18BrN3. The molecule has 2 aromatic rings. The second-order valence-electron chi connectivity index (χ2n) is 5.26. The van der Waals surface area contributed by atoms with Gasteiger partial charge in [-0.1, -0.05) is 40.9 Å². The number of hydrogen-bond acceptors (Lipinski definition) is 2. The van der Waals surface area contributed by atoms with Crippen LogP contribution in [0.2, 0.25) is 0 Å². The quantitative estimate of drug-likeness (QED) is 0.906. The summed E-state index contributed by atoms with van der Waals surface area (Å²) in [6.07, 6.45) is 5.09. The third kappa shape index (κ3) is 2.29. The highest BCUT2D eigenvalue weighted by atomic mass is 79.9. The number of rotatable bonds is 2. The zero-order chi connectivity index (χ0) is 13.4. The number of hydrogen-bond donors (Lipinski definition) is 1. The minimum absolute atomic E-state index is 0.571. The van der Waals surface area contributed by atoms with Crippen molar-refractivity contribution < 1.29 is 0 Å². The fourth-order valence-corrected chi connectivity index (χ4v) is 3.22. The molecule has 0 spiro atoms. The topological polar surface area (TPSA) is 43.8 Å². The van der Waals surface area contributed by atoms with E-state index in [4.69, 9.17) is 5.73 Å². The number of aryl methyl sites for hydroxylation is 1. The summed E-state index contributed by atoms with van der Waals surface area (Å²) in [5.41, 5.74) is 9.70. The predicted octanol–water partition coefficient (Wildman–Crippen LogP) is 4.09. The first-order valence-corrected chi connectivity index (χ1v) is 7.54. The molecule has 0 aliphatic heterocycles. The molecule has 100 valence electrons. The maximum absolute atomic E-state index is 6.23. The van der Waals surface area contributed by atoms with Gasteiger partial charge in [-0.3, -0.25) is 4.68 Å². The molecule has 0 radical (unpaired) electrons. The summed E-state index contributed by atoms with van der Waals surface area (Å²) in [7, 11) is 1.93. The molecule has 0 amide bonds. The summed E-state index contributed by atoms with van der Waals surface area (Å²) in [6.45, 7) is 0. The van der Waals surface area contributed by atoms with E-state index in [-0.39, 0.29) is 0 Å². The lowest BCUT2D eigenvalue weighted by atomic mass is 9.96. The van der Waals surface area contributed by atoms with Gasteiger partial charge in [-0.25, -0.2) is 0 Å². The van der Waals surface area contributed by atoms with E-state index >= 15 is 0 Å². The van der Waals surface area contributed by atoms with Crippen LogP contribution in [0.15, 0.2) is 28.7 Å². The largest absolute Gasteiger partial charge is 0.383 e. The number of anilines is 1. The van der Waals surface area contributed by atoms with Crippen LogP contribution in [0.5, 0.6) is 0 Å². The van der Waals surface area contributed by atoms with Gasteiger partial charge in [0, 0.05) is 23.0 Å². The summed E-state index contributed by atoms with van der Waals surface area (Å²) >= 11 is 3.47. The highest BCUT2D eigenvalue weighted by Gasteiger charge is 2.25. The van der Waals surface area contributed by atoms with Crippen LogP contribution in [0.3, 0.4) is 0 Å². The van der Waals surface area contributed by atoms with Crippen LogP contribution < -0.4 is 5.73 Å². The molecule has 3 nitrogen and oxygen atoms in total. The molecule has 1 saturated carbocycles. The van der Waals surface area contributed by atoms with Gasteiger partial charge in [0.25, 0.3) is 0 Å². The van der Waals surface area contributed by atoms with Crippen molar-refractivity contribution in [1.29, 1.82) is 0 Å². The number of nitrogens with zero attached hydrogens (tertiary/aromatic N) is 2. The molecule has 0 bridgehead atoms. The maximum Gasteiger partial charge on any atom is 0.129 e. The molecule has 0 unspecified atom stereocenters. The number of halogens is 1. The van der Waals surface area contributed by atoms with Crippen LogP contribution >= 0.6 is 15.9 Å². The van der Waals surface area contributed by atoms with E-state index in [0.717, 1.165) is 21.4 Å². The lowest BCUT2D eigenvalue weighted by Gasteiger charge is -2.09. The highest BCUT2D eigenvalue weighted by Crippen LogP contribution is 2.41. The van der Waals surface area contributed by atoms with Crippen molar-refractivity contribution >= 4 is 21.7 Å². The second-order valence-corrected chi connectivity index (χ2v) is 6.17. The zero-order valence-corrected chi connectivity index (χ0v) is 12.7. The number of benzene rings is 1. The van der Waals surface area contributed by atoms with Gasteiger partial charge in [0.1, 0.15) is 5.82 Å². The summed E-state index contributed by atoms with van der Waals surface area (Å²) < 4.78 is 2.89. The SMILES string of the molecule is Cn1nc(C2CCCC2)c(-c2ccc(Br)cc2)c1N. The van der Waals surface area contributed by atoms with Crippen molar-refractivity contribution in [1.82, 2.24) is 9.78 Å². The van der Waals surface area contributed by atoms with E-state index in [1.165, 1.54) is 31.4 Å². The number of aromatic nitrogens is 2. The Balaban J connectivity index is 2.10. The van der Waals surface area contributed by atoms with Crippen molar-refractivity contribution in [3.8, 4) is 11.1 Å². The predicted molar refractivity (Wildman–Crippen MR) is 82.0 cm³/mol. The molecule has 0 saturated heterocycles. The van der Waals surface area contributed by atoms with Crippen molar-refractivity contribution in [3.63, 3.8) is 0 Å². The van der Waals surface area contributed by atoms with Gasteiger partial charge in [0.2, 0.25) is 0 Å². The van der Waals surface area contributed by atoms with E-state index in [9.17, 15) is 0 Å². The van der Waals surface area contributed by atoms with Crippen molar-refractivity contribution in [2.75, 3.05) is 5.73 Å². The Bertz CT molecular complexity index is 580. The molecule has 1 heterocycles. The molecule has 1 aromatic carbocycles. The van der Waals surface area contributed by atoms with Gasteiger partial charge >= 0.3 is 0 Å². The average Bonchev–Trinajstić information content (AvgIpc) is 3.01. The van der Waals surface area contributed by atoms with E-state index in [1.54, 1.807) is 0 Å². The van der Waals surface area contributed by atoms with E-state index in [1.807, 2.05) is 11.7 Å². The molecule has 1 aliphatic carbocycles. The number of nitrogen functional groups attached to an aromatic ring is 1. The van der Waals surface area contributed by atoms with Gasteiger partial charge in [-0.2, -0.15) is 5.10 Å². The monoisotopic (exact) mass is 319 g/mol. The van der Waals surface area contributed by atoms with Crippen LogP contribution in [0.4, 0.5) is 5.82 Å². The standard InChI is InChI=1S/C15H18BrN3/c1-19-15(17)13(10-6-8-12(16)9-7-10)14(18-19)11-4-2-3-5-11/h6-9,11H,2-5,17H2,1H3. The lowest BCUT2D eigenvalue weighted by molar-refractivity contribution is 0.661. The third-order valence-electron chi connectivity index (χ3n) is 3.99. The van der Waals surface area contributed by atoms with Crippen LogP contribution in [0, 0.1) is 0 Å². The summed E-state index contributed by atoms with van der Waals surface area (Å²) in [6, 6.07) is 8.33. The summed E-state index contributed by atoms with van der Waals surface area (Å²) in [5.74, 6) is 1.34. The van der Waals surface area contributed by atoms with E-state index < -0.39 is 0 Å². The zero-order valence-electron chi connectivity index (χ0n) is 11.1. The van der Waals surface area contributed by atoms with Crippen LogP contribution in [0.25, 0.3) is 11.1 Å². The van der Waals surface area contributed by atoms with Crippen LogP contribution in [-0.2, 0) is 7.05 Å². The Morgan fingerprint density at radius 1 is 1.21 bits per heavy atom. The Labute approximate surface area is 121 Å². The first-order chi connectivity index (χ1) is 9.16. The minimum Gasteiger partial charge on any atom is -0.383 e.